The lowest BCUT2D eigenvalue weighted by Crippen LogP contribution is -2.15. The average molecular weight is 178 g/mol. The summed E-state index contributed by atoms with van der Waals surface area (Å²) in [5.41, 5.74) is 6.84. The first-order valence-corrected chi connectivity index (χ1v) is 4.85. The van der Waals surface area contributed by atoms with Gasteiger partial charge in [0.1, 0.15) is 0 Å². The van der Waals surface area contributed by atoms with Crippen LogP contribution in [0.1, 0.15) is 31.9 Å². The molecule has 0 saturated carbocycles. The largest absolute Gasteiger partial charge is 0.330 e. The Bertz CT molecular complexity index is 231. The first-order valence-electron chi connectivity index (χ1n) is 4.85. The summed E-state index contributed by atoms with van der Waals surface area (Å²) < 4.78 is 0. The van der Waals surface area contributed by atoms with Crippen molar-refractivity contribution in [2.24, 2.45) is 11.7 Å². The Morgan fingerprint density at radius 2 is 2.15 bits per heavy atom. The van der Waals surface area contributed by atoms with Crippen LogP contribution in [-0.2, 0) is 0 Å². The summed E-state index contributed by atoms with van der Waals surface area (Å²) in [5, 5.41) is 0. The van der Waals surface area contributed by atoms with E-state index in [1.54, 1.807) is 0 Å². The molecule has 1 aromatic rings. The second kappa shape index (κ2) is 4.97. The van der Waals surface area contributed by atoms with Gasteiger partial charge < -0.3 is 5.73 Å². The van der Waals surface area contributed by atoms with E-state index in [9.17, 15) is 0 Å². The molecule has 72 valence electrons. The van der Waals surface area contributed by atoms with Gasteiger partial charge in [-0.1, -0.05) is 19.9 Å². The molecule has 0 fully saturated rings. The van der Waals surface area contributed by atoms with E-state index in [1.807, 2.05) is 18.3 Å². The van der Waals surface area contributed by atoms with Crippen LogP contribution < -0.4 is 5.73 Å². The minimum atomic E-state index is 0.418. The van der Waals surface area contributed by atoms with Gasteiger partial charge in [0.25, 0.3) is 0 Å². The van der Waals surface area contributed by atoms with Crippen LogP contribution in [0.4, 0.5) is 0 Å². The van der Waals surface area contributed by atoms with E-state index in [4.69, 9.17) is 5.73 Å². The van der Waals surface area contributed by atoms with Crippen LogP contribution >= 0.6 is 0 Å². The third-order valence-electron chi connectivity index (χ3n) is 2.15. The highest BCUT2D eigenvalue weighted by atomic mass is 14.7. The molecule has 1 rings (SSSR count). The fourth-order valence-electron chi connectivity index (χ4n) is 1.52. The molecule has 0 spiro atoms. The van der Waals surface area contributed by atoms with Crippen LogP contribution in [0, 0.1) is 5.92 Å². The van der Waals surface area contributed by atoms with Crippen LogP contribution in [0.2, 0.25) is 0 Å². The third-order valence-corrected chi connectivity index (χ3v) is 2.15. The van der Waals surface area contributed by atoms with Gasteiger partial charge in [0.05, 0.1) is 0 Å². The first kappa shape index (κ1) is 10.2. The van der Waals surface area contributed by atoms with Crippen molar-refractivity contribution in [3.8, 4) is 0 Å². The molecule has 2 nitrogen and oxygen atoms in total. The zero-order chi connectivity index (χ0) is 9.68. The maximum atomic E-state index is 5.71. The van der Waals surface area contributed by atoms with Crippen molar-refractivity contribution < 1.29 is 0 Å². The molecule has 0 saturated heterocycles. The molecule has 0 aromatic carbocycles. The normalized spacial score (nSPS) is 13.2. The van der Waals surface area contributed by atoms with Crippen molar-refractivity contribution in [2.75, 3.05) is 6.54 Å². The van der Waals surface area contributed by atoms with Crippen molar-refractivity contribution in [3.63, 3.8) is 0 Å². The van der Waals surface area contributed by atoms with E-state index >= 15 is 0 Å². The Labute approximate surface area is 80.2 Å². The molecule has 2 heteroatoms. The summed E-state index contributed by atoms with van der Waals surface area (Å²) in [6.07, 6.45) is 2.95. The number of nitrogens with two attached hydrogens (primary N) is 1. The fraction of sp³-hybridized carbons (Fsp3) is 0.545. The van der Waals surface area contributed by atoms with Gasteiger partial charge in [-0.05, 0) is 24.5 Å². The third kappa shape index (κ3) is 3.15. The van der Waals surface area contributed by atoms with E-state index in [0.29, 0.717) is 18.4 Å². The molecule has 0 aliphatic heterocycles. The van der Waals surface area contributed by atoms with E-state index in [-0.39, 0.29) is 0 Å². The van der Waals surface area contributed by atoms with Gasteiger partial charge in [0, 0.05) is 24.4 Å². The van der Waals surface area contributed by atoms with Crippen LogP contribution in [0.5, 0.6) is 0 Å². The smallest absolute Gasteiger partial charge is 0.0447 e. The van der Waals surface area contributed by atoms with Crippen molar-refractivity contribution in [1.82, 2.24) is 4.98 Å². The van der Waals surface area contributed by atoms with Crippen LogP contribution in [0.3, 0.4) is 0 Å². The van der Waals surface area contributed by atoms with Crippen molar-refractivity contribution in [1.29, 1.82) is 0 Å². The molecule has 13 heavy (non-hydrogen) atoms. The quantitative estimate of drug-likeness (QED) is 0.767. The molecule has 1 aromatic heterocycles. The summed E-state index contributed by atoms with van der Waals surface area (Å²) in [4.78, 5) is 4.32. The number of hydrogen-bond donors (Lipinski definition) is 1. The minimum Gasteiger partial charge on any atom is -0.330 e. The lowest BCUT2D eigenvalue weighted by atomic mass is 9.94. The summed E-state index contributed by atoms with van der Waals surface area (Å²) in [7, 11) is 0. The highest BCUT2D eigenvalue weighted by molar-refractivity contribution is 5.09. The summed E-state index contributed by atoms with van der Waals surface area (Å²) in [6, 6.07) is 6.01. The Morgan fingerprint density at radius 1 is 1.38 bits per heavy atom. The summed E-state index contributed by atoms with van der Waals surface area (Å²) >= 11 is 0. The van der Waals surface area contributed by atoms with Crippen molar-refractivity contribution >= 4 is 0 Å². The van der Waals surface area contributed by atoms with Gasteiger partial charge in [-0.2, -0.15) is 0 Å². The van der Waals surface area contributed by atoms with Crippen LogP contribution in [0.15, 0.2) is 24.4 Å². The second-order valence-electron chi connectivity index (χ2n) is 3.82. The van der Waals surface area contributed by atoms with E-state index in [2.05, 4.69) is 24.9 Å². The second-order valence-corrected chi connectivity index (χ2v) is 3.82. The van der Waals surface area contributed by atoms with Crippen molar-refractivity contribution in [2.45, 2.75) is 26.2 Å². The number of aromatic nitrogens is 1. The Morgan fingerprint density at radius 3 is 2.62 bits per heavy atom. The predicted octanol–water partition coefficient (Wildman–Crippen LogP) is 2.17. The highest BCUT2D eigenvalue weighted by Crippen LogP contribution is 2.20. The molecular formula is C11H18N2. The highest BCUT2D eigenvalue weighted by Gasteiger charge is 2.11. The lowest BCUT2D eigenvalue weighted by molar-refractivity contribution is 0.497. The molecule has 0 amide bonds. The van der Waals surface area contributed by atoms with Gasteiger partial charge in [-0.3, -0.25) is 4.98 Å². The molecule has 0 radical (unpaired) electrons. The standard InChI is InChI=1S/C11H18N2/c1-9(2)7-10(8-12)11-5-3-4-6-13-11/h3-6,9-10H,7-8,12H2,1-2H3/t10-/m0/s1. The van der Waals surface area contributed by atoms with Gasteiger partial charge >= 0.3 is 0 Å². The topological polar surface area (TPSA) is 38.9 Å². The van der Waals surface area contributed by atoms with Gasteiger partial charge in [-0.15, -0.1) is 0 Å². The van der Waals surface area contributed by atoms with E-state index < -0.39 is 0 Å². The molecule has 0 aliphatic carbocycles. The van der Waals surface area contributed by atoms with Gasteiger partial charge in [0.2, 0.25) is 0 Å². The summed E-state index contributed by atoms with van der Waals surface area (Å²) in [6.45, 7) is 5.12. The number of nitrogens with zero attached hydrogens (tertiary/aromatic N) is 1. The first-order chi connectivity index (χ1) is 6.24. The molecule has 0 bridgehead atoms. The fourth-order valence-corrected chi connectivity index (χ4v) is 1.52. The number of pyridine rings is 1. The van der Waals surface area contributed by atoms with Crippen molar-refractivity contribution in [3.05, 3.63) is 30.1 Å². The maximum Gasteiger partial charge on any atom is 0.0447 e. The number of rotatable bonds is 4. The molecule has 0 aliphatic rings. The SMILES string of the molecule is CC(C)C[C@@H](CN)c1ccccn1. The van der Waals surface area contributed by atoms with Gasteiger partial charge in [-0.25, -0.2) is 0 Å². The Balaban J connectivity index is 2.67. The lowest BCUT2D eigenvalue weighted by Gasteiger charge is -2.15. The Hall–Kier alpha value is -0.890. The number of hydrogen-bond acceptors (Lipinski definition) is 2. The van der Waals surface area contributed by atoms with E-state index in [0.717, 1.165) is 12.1 Å². The van der Waals surface area contributed by atoms with Gasteiger partial charge in [0.15, 0.2) is 0 Å². The molecule has 1 atom stereocenters. The summed E-state index contributed by atoms with van der Waals surface area (Å²) in [5.74, 6) is 1.09. The van der Waals surface area contributed by atoms with E-state index in [1.165, 1.54) is 0 Å². The maximum absolute atomic E-state index is 5.71. The average Bonchev–Trinajstić information content (AvgIpc) is 2.15. The zero-order valence-corrected chi connectivity index (χ0v) is 8.40. The zero-order valence-electron chi connectivity index (χ0n) is 8.40. The monoisotopic (exact) mass is 178 g/mol. The minimum absolute atomic E-state index is 0.418. The van der Waals surface area contributed by atoms with Crippen LogP contribution in [0.25, 0.3) is 0 Å². The molecular weight excluding hydrogens is 160 g/mol. The molecule has 1 heterocycles. The Kier molecular flexibility index (Phi) is 3.90. The molecule has 0 unspecified atom stereocenters. The molecule has 2 N–H and O–H groups in total. The van der Waals surface area contributed by atoms with Crippen LogP contribution in [-0.4, -0.2) is 11.5 Å². The predicted molar refractivity (Wildman–Crippen MR) is 55.5 cm³/mol.